The largest absolute Gasteiger partial charge is 0.416 e. The predicted molar refractivity (Wildman–Crippen MR) is 136 cm³/mol. The van der Waals surface area contributed by atoms with Crippen molar-refractivity contribution in [2.45, 2.75) is 44.1 Å². The van der Waals surface area contributed by atoms with Crippen molar-refractivity contribution in [3.63, 3.8) is 0 Å². The van der Waals surface area contributed by atoms with Crippen LogP contribution in [0.3, 0.4) is 0 Å². The van der Waals surface area contributed by atoms with E-state index in [0.29, 0.717) is 28.0 Å². The molecule has 2 unspecified atom stereocenters. The number of halogens is 3. The summed E-state index contributed by atoms with van der Waals surface area (Å²) >= 11 is 0. The fourth-order valence-electron chi connectivity index (χ4n) is 5.75. The Morgan fingerprint density at radius 1 is 1.16 bits per heavy atom. The third kappa shape index (κ3) is 4.35. The van der Waals surface area contributed by atoms with Crippen LogP contribution in [0.4, 0.5) is 30.4 Å². The van der Waals surface area contributed by atoms with Crippen LogP contribution < -0.4 is 21.5 Å². The number of pyridine rings is 2. The van der Waals surface area contributed by atoms with Crippen molar-refractivity contribution >= 4 is 28.1 Å². The number of alkyl halides is 3. The number of fused-ring (bicyclic) bond motifs is 3. The molecule has 11 heteroatoms. The second kappa shape index (κ2) is 8.95. The fraction of sp³-hybridized carbons (Fsp3) is 0.423. The van der Waals surface area contributed by atoms with Crippen LogP contribution in [0.25, 0.3) is 10.9 Å². The normalized spacial score (nSPS) is 20.7. The average Bonchev–Trinajstić information content (AvgIpc) is 3.10. The van der Waals surface area contributed by atoms with E-state index in [9.17, 15) is 23.2 Å². The van der Waals surface area contributed by atoms with Gasteiger partial charge in [0.05, 0.1) is 22.7 Å². The van der Waals surface area contributed by atoms with Crippen molar-refractivity contribution < 1.29 is 13.2 Å². The molecule has 2 bridgehead atoms. The van der Waals surface area contributed by atoms with Crippen LogP contribution in [0.5, 0.6) is 0 Å². The molecule has 0 aliphatic carbocycles. The highest BCUT2D eigenvalue weighted by atomic mass is 19.4. The second-order valence-corrected chi connectivity index (χ2v) is 10.1. The number of nitrogens with two attached hydrogens (primary N) is 1. The van der Waals surface area contributed by atoms with Gasteiger partial charge >= 0.3 is 6.18 Å². The number of hydrogen-bond donors (Lipinski definition) is 2. The summed E-state index contributed by atoms with van der Waals surface area (Å²) in [4.78, 5) is 22.4. The van der Waals surface area contributed by atoms with Crippen LogP contribution in [0.15, 0.2) is 35.3 Å². The number of nitrogens with zero attached hydrogens (tertiary/aromatic N) is 5. The monoisotopic (exact) mass is 511 g/mol. The first-order valence-electron chi connectivity index (χ1n) is 12.1. The van der Waals surface area contributed by atoms with Crippen molar-refractivity contribution in [2.24, 2.45) is 7.05 Å². The number of aromatic nitrogens is 2. The molecule has 1 aromatic carbocycles. The van der Waals surface area contributed by atoms with Crippen LogP contribution in [0.1, 0.15) is 42.5 Å². The minimum atomic E-state index is -4.53. The molecule has 8 nitrogen and oxygen atoms in total. The lowest BCUT2D eigenvalue weighted by Gasteiger charge is -2.40. The molecule has 2 aliphatic rings. The quantitative estimate of drug-likeness (QED) is 0.513. The van der Waals surface area contributed by atoms with Gasteiger partial charge < -0.3 is 25.4 Å². The van der Waals surface area contributed by atoms with Gasteiger partial charge in [-0.2, -0.15) is 18.4 Å². The van der Waals surface area contributed by atoms with E-state index >= 15 is 0 Å². The number of hydrogen-bond acceptors (Lipinski definition) is 7. The second-order valence-electron chi connectivity index (χ2n) is 10.1. The van der Waals surface area contributed by atoms with Gasteiger partial charge in [-0.15, -0.1) is 0 Å². The SMILES string of the molecule is C[C@@H](Nc1ncc(C#N)c2c1cc(N1C3CCC1CN(C)C3)c(=O)n2C)c1cc(N)cc(C(F)(F)F)c1. The topological polar surface area (TPSA) is 103 Å². The van der Waals surface area contributed by atoms with E-state index in [1.54, 1.807) is 20.0 Å². The van der Waals surface area contributed by atoms with Crippen LogP contribution in [0.2, 0.25) is 0 Å². The van der Waals surface area contributed by atoms with Gasteiger partial charge in [0.1, 0.15) is 17.6 Å². The van der Waals surface area contributed by atoms with E-state index in [1.807, 2.05) is 0 Å². The maximum Gasteiger partial charge on any atom is 0.416 e. The number of piperazine rings is 1. The number of nitrogen functional groups attached to an aromatic ring is 1. The van der Waals surface area contributed by atoms with Gasteiger partial charge in [0, 0.05) is 49.5 Å². The molecule has 194 valence electrons. The first-order valence-corrected chi connectivity index (χ1v) is 12.1. The average molecular weight is 512 g/mol. The Balaban J connectivity index is 1.61. The Labute approximate surface area is 212 Å². The highest BCUT2D eigenvalue weighted by Gasteiger charge is 2.40. The van der Waals surface area contributed by atoms with Crippen molar-refractivity contribution in [3.8, 4) is 6.07 Å². The number of nitriles is 1. The lowest BCUT2D eigenvalue weighted by atomic mass is 10.0. The van der Waals surface area contributed by atoms with E-state index < -0.39 is 17.8 Å². The summed E-state index contributed by atoms with van der Waals surface area (Å²) in [5.41, 5.74) is 6.30. The maximum atomic E-state index is 13.5. The van der Waals surface area contributed by atoms with Gasteiger partial charge in [-0.1, -0.05) is 0 Å². The highest BCUT2D eigenvalue weighted by molar-refractivity contribution is 5.95. The van der Waals surface area contributed by atoms with Crippen molar-refractivity contribution in [1.82, 2.24) is 14.5 Å². The van der Waals surface area contributed by atoms with Crippen LogP contribution in [-0.2, 0) is 13.2 Å². The molecule has 2 saturated heterocycles. The number of nitrogens with one attached hydrogen (secondary N) is 1. The molecule has 2 aromatic heterocycles. The molecule has 4 heterocycles. The summed E-state index contributed by atoms with van der Waals surface area (Å²) in [6, 6.07) is 7.16. The van der Waals surface area contributed by atoms with Gasteiger partial charge in [-0.25, -0.2) is 4.98 Å². The molecular weight excluding hydrogens is 483 g/mol. The maximum absolute atomic E-state index is 13.5. The smallest absolute Gasteiger partial charge is 0.399 e. The van der Waals surface area contributed by atoms with Crippen molar-refractivity contribution in [1.29, 1.82) is 5.26 Å². The first-order chi connectivity index (χ1) is 17.5. The number of anilines is 3. The molecule has 3 atom stereocenters. The number of likely N-dealkylation sites (tertiary alicyclic amines) is 1. The summed E-state index contributed by atoms with van der Waals surface area (Å²) in [6.45, 7) is 3.42. The Morgan fingerprint density at radius 2 is 1.84 bits per heavy atom. The minimum Gasteiger partial charge on any atom is -0.399 e. The third-order valence-corrected chi connectivity index (χ3v) is 7.45. The first kappa shape index (κ1) is 24.9. The molecule has 2 aliphatic heterocycles. The molecule has 0 amide bonds. The summed E-state index contributed by atoms with van der Waals surface area (Å²) < 4.78 is 41.6. The summed E-state index contributed by atoms with van der Waals surface area (Å²) in [7, 11) is 3.71. The third-order valence-electron chi connectivity index (χ3n) is 7.45. The highest BCUT2D eigenvalue weighted by Crippen LogP contribution is 2.37. The van der Waals surface area contributed by atoms with Crippen molar-refractivity contribution in [2.75, 3.05) is 36.1 Å². The Hall–Kier alpha value is -3.78. The molecule has 0 radical (unpaired) electrons. The van der Waals surface area contributed by atoms with Crippen LogP contribution in [0, 0.1) is 11.3 Å². The van der Waals surface area contributed by atoms with Gasteiger partial charge in [-0.3, -0.25) is 4.79 Å². The van der Waals surface area contributed by atoms with Crippen LogP contribution in [-0.4, -0.2) is 46.7 Å². The fourth-order valence-corrected chi connectivity index (χ4v) is 5.75. The number of likely N-dealkylation sites (N-methyl/N-ethyl adjacent to an activating group) is 1. The summed E-state index contributed by atoms with van der Waals surface area (Å²) in [6.07, 6.45) is -1.17. The molecule has 3 N–H and O–H groups in total. The lowest BCUT2D eigenvalue weighted by Crippen LogP contribution is -2.54. The van der Waals surface area contributed by atoms with Gasteiger partial charge in [0.25, 0.3) is 5.56 Å². The predicted octanol–water partition coefficient (Wildman–Crippen LogP) is 3.86. The zero-order valence-corrected chi connectivity index (χ0v) is 20.8. The molecule has 3 aromatic rings. The van der Waals surface area contributed by atoms with Gasteiger partial charge in [0.2, 0.25) is 0 Å². The molecule has 37 heavy (non-hydrogen) atoms. The Morgan fingerprint density at radius 3 is 2.46 bits per heavy atom. The Bertz CT molecular complexity index is 1460. The van der Waals surface area contributed by atoms with E-state index in [2.05, 4.69) is 33.2 Å². The van der Waals surface area contributed by atoms with Crippen LogP contribution >= 0.6 is 0 Å². The Kier molecular flexibility index (Phi) is 6.02. The molecule has 5 rings (SSSR count). The summed E-state index contributed by atoms with van der Waals surface area (Å²) in [5, 5.41) is 13.5. The lowest BCUT2D eigenvalue weighted by molar-refractivity contribution is -0.137. The molecule has 2 fully saturated rings. The van der Waals surface area contributed by atoms with Gasteiger partial charge in [0.15, 0.2) is 0 Å². The van der Waals surface area contributed by atoms with E-state index in [0.717, 1.165) is 38.1 Å². The zero-order chi connectivity index (χ0) is 26.6. The zero-order valence-electron chi connectivity index (χ0n) is 20.8. The van der Waals surface area contributed by atoms with E-state index in [-0.39, 0.29) is 28.9 Å². The molecular formula is C26H28F3N7O. The number of benzene rings is 1. The van der Waals surface area contributed by atoms with E-state index in [4.69, 9.17) is 5.73 Å². The standard InChI is InChI=1S/C26H28F3N7O/c1-14(15-6-17(26(27,28)29)8-18(31)7-15)33-24-21-9-22(36-19-4-5-20(36)13-34(2)12-19)25(37)35(3)23(21)16(10-30)11-32-24/h6-9,11,14,19-20H,4-5,12-13,31H2,1-3H3,(H,32,33)/t14-,19?,20?/m1/s1. The summed E-state index contributed by atoms with van der Waals surface area (Å²) in [5.74, 6) is 0.371. The van der Waals surface area contributed by atoms with Gasteiger partial charge in [-0.05, 0) is 56.6 Å². The number of aryl methyl sites for hydroxylation is 1. The molecule has 0 spiro atoms. The van der Waals surface area contributed by atoms with Crippen molar-refractivity contribution in [3.05, 3.63) is 57.5 Å². The number of rotatable bonds is 4. The minimum absolute atomic E-state index is 0.00588. The van der Waals surface area contributed by atoms with E-state index in [1.165, 1.54) is 16.8 Å². The molecule has 0 saturated carbocycles.